The number of hydrogen-bond acceptors (Lipinski definition) is 8. The summed E-state index contributed by atoms with van der Waals surface area (Å²) in [5, 5.41) is 4.16. The van der Waals surface area contributed by atoms with Crippen molar-refractivity contribution in [1.29, 1.82) is 0 Å². The molecule has 0 atom stereocenters. The van der Waals surface area contributed by atoms with E-state index in [1.807, 2.05) is 54.7 Å². The van der Waals surface area contributed by atoms with E-state index < -0.39 is 0 Å². The quantitative estimate of drug-likeness (QED) is 0.235. The summed E-state index contributed by atoms with van der Waals surface area (Å²) in [6, 6.07) is 17.9. The summed E-state index contributed by atoms with van der Waals surface area (Å²) in [5.41, 5.74) is 5.54. The van der Waals surface area contributed by atoms with Crippen molar-refractivity contribution >= 4 is 23.4 Å². The molecule has 5 rings (SSSR count). The lowest BCUT2D eigenvalue weighted by molar-refractivity contribution is 0.350. The first-order valence-corrected chi connectivity index (χ1v) is 13.9. The van der Waals surface area contributed by atoms with Crippen LogP contribution in [-0.4, -0.2) is 51.5 Å². The molecule has 0 saturated heterocycles. The molecule has 0 spiro atoms. The van der Waals surface area contributed by atoms with Gasteiger partial charge in [0.1, 0.15) is 5.82 Å². The summed E-state index contributed by atoms with van der Waals surface area (Å²) in [7, 11) is 6.63. The second-order valence-electron chi connectivity index (χ2n) is 9.79. The topological polar surface area (TPSA) is 78.0 Å². The number of nitrogens with zero attached hydrogens (tertiary/aromatic N) is 3. The molecule has 0 bridgehead atoms. The molecule has 9 heteroatoms. The first-order chi connectivity index (χ1) is 20.0. The van der Waals surface area contributed by atoms with Crippen LogP contribution in [0.2, 0.25) is 5.02 Å². The average Bonchev–Trinajstić information content (AvgIpc) is 3.01. The zero-order valence-corrected chi connectivity index (χ0v) is 24.6. The highest BCUT2D eigenvalue weighted by molar-refractivity contribution is 6.31. The van der Waals surface area contributed by atoms with Gasteiger partial charge in [-0.3, -0.25) is 0 Å². The Bertz CT molecular complexity index is 1510. The van der Waals surface area contributed by atoms with Crippen LogP contribution >= 0.6 is 11.6 Å². The highest BCUT2D eigenvalue weighted by Crippen LogP contribution is 2.38. The van der Waals surface area contributed by atoms with E-state index in [0.717, 1.165) is 64.0 Å². The van der Waals surface area contributed by atoms with Crippen LogP contribution < -0.4 is 29.2 Å². The standard InChI is InChI=1S/C32H35ClN4O4/c1-38-27-11-9-21(18-29(27)40-3)17-24-19-35-32(34-15-13-23-7-5-6-8-26(23)33)36-31(24)37-16-14-22-10-12-28(39-2)30(41-4)25(22)20-37/h5-12,18-19H,13-17,20H2,1-4H3,(H,34,35,36). The molecular weight excluding hydrogens is 540 g/mol. The fraction of sp³-hybridized carbons (Fsp3) is 0.312. The van der Waals surface area contributed by atoms with Gasteiger partial charge in [0.2, 0.25) is 5.95 Å². The summed E-state index contributed by atoms with van der Waals surface area (Å²) in [6.07, 6.45) is 4.17. The first kappa shape index (κ1) is 28.4. The van der Waals surface area contributed by atoms with Gasteiger partial charge < -0.3 is 29.2 Å². The highest BCUT2D eigenvalue weighted by Gasteiger charge is 2.25. The predicted octanol–water partition coefficient (Wildman–Crippen LogP) is 5.97. The van der Waals surface area contributed by atoms with E-state index in [9.17, 15) is 0 Å². The lowest BCUT2D eigenvalue weighted by atomic mass is 9.97. The largest absolute Gasteiger partial charge is 0.493 e. The van der Waals surface area contributed by atoms with Crippen LogP contribution in [0.4, 0.5) is 11.8 Å². The lowest BCUT2D eigenvalue weighted by Gasteiger charge is -2.32. The second-order valence-corrected chi connectivity index (χ2v) is 10.2. The molecule has 0 radical (unpaired) electrons. The van der Waals surface area contributed by atoms with Gasteiger partial charge in [-0.2, -0.15) is 4.98 Å². The van der Waals surface area contributed by atoms with Gasteiger partial charge in [-0.25, -0.2) is 4.98 Å². The minimum atomic E-state index is 0.575. The molecule has 0 amide bonds. The molecule has 0 fully saturated rings. The Labute approximate surface area is 246 Å². The summed E-state index contributed by atoms with van der Waals surface area (Å²) < 4.78 is 22.3. The molecule has 1 aromatic heterocycles. The molecule has 0 saturated carbocycles. The number of nitrogens with one attached hydrogen (secondary N) is 1. The maximum absolute atomic E-state index is 6.36. The Balaban J connectivity index is 1.45. The van der Waals surface area contributed by atoms with Crippen LogP contribution in [0.15, 0.2) is 60.8 Å². The maximum Gasteiger partial charge on any atom is 0.224 e. The number of anilines is 2. The van der Waals surface area contributed by atoms with E-state index in [4.69, 9.17) is 35.5 Å². The molecule has 0 aliphatic carbocycles. The lowest BCUT2D eigenvalue weighted by Crippen LogP contribution is -2.32. The van der Waals surface area contributed by atoms with Crippen molar-refractivity contribution in [2.75, 3.05) is 51.7 Å². The fourth-order valence-corrected chi connectivity index (χ4v) is 5.48. The number of rotatable bonds is 11. The SMILES string of the molecule is COc1ccc(Cc2cnc(NCCc3ccccc3Cl)nc2N2CCc3ccc(OC)c(OC)c3C2)cc1OC. The van der Waals surface area contributed by atoms with Crippen molar-refractivity contribution in [1.82, 2.24) is 9.97 Å². The molecule has 41 heavy (non-hydrogen) atoms. The van der Waals surface area contributed by atoms with Gasteiger partial charge in [0, 0.05) is 48.4 Å². The summed E-state index contributed by atoms with van der Waals surface area (Å²) in [6.45, 7) is 2.12. The van der Waals surface area contributed by atoms with Crippen LogP contribution in [0.3, 0.4) is 0 Å². The number of aromatic nitrogens is 2. The summed E-state index contributed by atoms with van der Waals surface area (Å²) >= 11 is 6.36. The number of ether oxygens (including phenoxy) is 4. The van der Waals surface area contributed by atoms with Gasteiger partial charge in [0.05, 0.1) is 28.4 Å². The van der Waals surface area contributed by atoms with E-state index in [0.29, 0.717) is 37.0 Å². The summed E-state index contributed by atoms with van der Waals surface area (Å²) in [5.74, 6) is 4.33. The number of fused-ring (bicyclic) bond motifs is 1. The minimum absolute atomic E-state index is 0.575. The smallest absolute Gasteiger partial charge is 0.224 e. The van der Waals surface area contributed by atoms with E-state index in [2.05, 4.69) is 21.3 Å². The van der Waals surface area contributed by atoms with E-state index in [1.165, 1.54) is 5.56 Å². The number of benzene rings is 3. The van der Waals surface area contributed by atoms with Gasteiger partial charge in [0.15, 0.2) is 23.0 Å². The molecule has 1 aliphatic rings. The first-order valence-electron chi connectivity index (χ1n) is 13.6. The molecule has 3 aromatic carbocycles. The normalized spacial score (nSPS) is 12.5. The molecule has 4 aromatic rings. The fourth-order valence-electron chi connectivity index (χ4n) is 5.25. The number of halogens is 1. The van der Waals surface area contributed by atoms with Crippen molar-refractivity contribution in [3.63, 3.8) is 0 Å². The van der Waals surface area contributed by atoms with Gasteiger partial charge in [-0.05, 0) is 53.8 Å². The monoisotopic (exact) mass is 574 g/mol. The molecule has 1 N–H and O–H groups in total. The Morgan fingerprint density at radius 2 is 1.66 bits per heavy atom. The van der Waals surface area contributed by atoms with Crippen molar-refractivity contribution in [3.8, 4) is 23.0 Å². The predicted molar refractivity (Wildman–Crippen MR) is 162 cm³/mol. The molecule has 0 unspecified atom stereocenters. The average molecular weight is 575 g/mol. The third kappa shape index (κ3) is 6.28. The van der Waals surface area contributed by atoms with E-state index in [1.54, 1.807) is 28.4 Å². The number of methoxy groups -OCH3 is 4. The van der Waals surface area contributed by atoms with Crippen molar-refractivity contribution < 1.29 is 18.9 Å². The minimum Gasteiger partial charge on any atom is -0.493 e. The molecular formula is C32H35ClN4O4. The Morgan fingerprint density at radius 3 is 2.41 bits per heavy atom. The van der Waals surface area contributed by atoms with Gasteiger partial charge in [0.25, 0.3) is 0 Å². The van der Waals surface area contributed by atoms with Crippen LogP contribution in [0.1, 0.15) is 27.8 Å². The van der Waals surface area contributed by atoms with Crippen LogP contribution in [0.5, 0.6) is 23.0 Å². The third-order valence-corrected chi connectivity index (χ3v) is 7.73. The Morgan fingerprint density at radius 1 is 0.878 bits per heavy atom. The van der Waals surface area contributed by atoms with E-state index >= 15 is 0 Å². The zero-order chi connectivity index (χ0) is 28.8. The zero-order valence-electron chi connectivity index (χ0n) is 23.9. The highest BCUT2D eigenvalue weighted by atomic mass is 35.5. The molecule has 1 aliphatic heterocycles. The van der Waals surface area contributed by atoms with Crippen LogP contribution in [0, 0.1) is 0 Å². The van der Waals surface area contributed by atoms with Gasteiger partial charge >= 0.3 is 0 Å². The van der Waals surface area contributed by atoms with Gasteiger partial charge in [-0.15, -0.1) is 0 Å². The van der Waals surface area contributed by atoms with Crippen molar-refractivity contribution in [3.05, 3.63) is 93.6 Å². The van der Waals surface area contributed by atoms with Crippen molar-refractivity contribution in [2.45, 2.75) is 25.8 Å². The summed E-state index contributed by atoms with van der Waals surface area (Å²) in [4.78, 5) is 12.0. The Kier molecular flexibility index (Phi) is 8.99. The van der Waals surface area contributed by atoms with Crippen LogP contribution in [-0.2, 0) is 25.8 Å². The molecule has 2 heterocycles. The van der Waals surface area contributed by atoms with Crippen molar-refractivity contribution in [2.24, 2.45) is 0 Å². The molecule has 8 nitrogen and oxygen atoms in total. The molecule has 214 valence electrons. The van der Waals surface area contributed by atoms with Crippen LogP contribution in [0.25, 0.3) is 0 Å². The van der Waals surface area contributed by atoms with E-state index in [-0.39, 0.29) is 0 Å². The maximum atomic E-state index is 6.36. The third-order valence-electron chi connectivity index (χ3n) is 7.36. The second kappa shape index (κ2) is 13.0. The Hall–Kier alpha value is -4.17. The van der Waals surface area contributed by atoms with Gasteiger partial charge in [-0.1, -0.05) is 41.9 Å². The number of hydrogen-bond donors (Lipinski definition) is 1.